The third-order valence-corrected chi connectivity index (χ3v) is 4.58. The Morgan fingerprint density at radius 3 is 2.54 bits per heavy atom. The monoisotopic (exact) mass is 373 g/mol. The molecule has 0 saturated carbocycles. The molecule has 0 aliphatic heterocycles. The normalized spacial score (nSPS) is 11.0. The number of nitrogens with one attached hydrogen (secondary N) is 1. The number of amides is 1. The number of rotatable bonds is 11. The van der Waals surface area contributed by atoms with Gasteiger partial charge in [0.2, 0.25) is 11.0 Å². The molecule has 26 heavy (non-hydrogen) atoms. The number of aromatic nitrogens is 2. The average molecular weight is 374 g/mol. The van der Waals surface area contributed by atoms with Crippen LogP contribution < -0.4 is 10.1 Å². The minimum Gasteiger partial charge on any atom is -0.494 e. The van der Waals surface area contributed by atoms with E-state index in [1.807, 2.05) is 31.2 Å². The van der Waals surface area contributed by atoms with Gasteiger partial charge in [-0.25, -0.2) is 0 Å². The van der Waals surface area contributed by atoms with Crippen LogP contribution in [-0.4, -0.2) is 22.7 Å². The lowest BCUT2D eigenvalue weighted by atomic mass is 10.1. The molecule has 1 amide bonds. The molecule has 0 fully saturated rings. The van der Waals surface area contributed by atoms with Gasteiger partial charge in [-0.1, -0.05) is 62.5 Å². The number of ether oxygens (including phenoxy) is 1. The van der Waals surface area contributed by atoms with Gasteiger partial charge in [0, 0.05) is 6.08 Å². The molecule has 0 aliphatic rings. The summed E-state index contributed by atoms with van der Waals surface area (Å²) < 4.78 is 5.76. The van der Waals surface area contributed by atoms with Gasteiger partial charge in [-0.2, -0.15) is 0 Å². The fourth-order valence-electron chi connectivity index (χ4n) is 2.41. The average Bonchev–Trinajstić information content (AvgIpc) is 3.05. The molecule has 140 valence electrons. The third kappa shape index (κ3) is 7.78. The maximum atomic E-state index is 11.8. The smallest absolute Gasteiger partial charge is 0.250 e. The first-order valence-corrected chi connectivity index (χ1v) is 10.0. The van der Waals surface area contributed by atoms with Gasteiger partial charge in [0.05, 0.1) is 6.61 Å². The van der Waals surface area contributed by atoms with Crippen molar-refractivity contribution in [2.24, 2.45) is 0 Å². The van der Waals surface area contributed by atoms with E-state index in [2.05, 4.69) is 22.4 Å². The number of anilines is 1. The Bertz CT molecular complexity index is 695. The first kappa shape index (κ1) is 20.1. The van der Waals surface area contributed by atoms with Gasteiger partial charge >= 0.3 is 0 Å². The number of carbonyl (C=O) groups is 1. The van der Waals surface area contributed by atoms with Gasteiger partial charge in [0.15, 0.2) is 0 Å². The van der Waals surface area contributed by atoms with Crippen molar-refractivity contribution >= 4 is 28.5 Å². The summed E-state index contributed by atoms with van der Waals surface area (Å²) in [5, 5.41) is 11.7. The van der Waals surface area contributed by atoms with Crippen LogP contribution in [0.5, 0.6) is 5.75 Å². The molecule has 0 bridgehead atoms. The van der Waals surface area contributed by atoms with Crippen molar-refractivity contribution in [1.29, 1.82) is 0 Å². The van der Waals surface area contributed by atoms with Crippen molar-refractivity contribution in [1.82, 2.24) is 10.2 Å². The number of aryl methyl sites for hydroxylation is 1. The largest absolute Gasteiger partial charge is 0.494 e. The van der Waals surface area contributed by atoms with E-state index in [0.29, 0.717) is 5.13 Å². The fraction of sp³-hybridized carbons (Fsp3) is 0.450. The molecule has 0 atom stereocenters. The van der Waals surface area contributed by atoms with Crippen molar-refractivity contribution in [3.8, 4) is 5.75 Å². The Labute approximate surface area is 159 Å². The molecule has 2 aromatic rings. The first-order valence-electron chi connectivity index (χ1n) is 9.19. The van der Waals surface area contributed by atoms with Crippen LogP contribution in [0.4, 0.5) is 5.13 Å². The lowest BCUT2D eigenvalue weighted by Gasteiger charge is -2.06. The summed E-state index contributed by atoms with van der Waals surface area (Å²) in [4.78, 5) is 11.8. The third-order valence-electron chi connectivity index (χ3n) is 3.83. The summed E-state index contributed by atoms with van der Waals surface area (Å²) in [6.45, 7) is 4.83. The van der Waals surface area contributed by atoms with E-state index in [-0.39, 0.29) is 5.91 Å². The van der Waals surface area contributed by atoms with Crippen LogP contribution in [0.1, 0.15) is 56.0 Å². The Hall–Kier alpha value is -2.21. The van der Waals surface area contributed by atoms with Crippen LogP contribution in [0.15, 0.2) is 30.3 Å². The number of hydrogen-bond donors (Lipinski definition) is 1. The van der Waals surface area contributed by atoms with E-state index < -0.39 is 0 Å². The standard InChI is InChI=1S/C20H27N3O2S/c1-3-4-5-6-7-8-15-25-18-12-9-17(10-13-18)11-14-19(24)21-20-23-22-16(2)26-20/h9-14H,3-8,15H2,1-2H3,(H,21,23,24)/b14-11+. The van der Waals surface area contributed by atoms with Gasteiger partial charge in [-0.05, 0) is 37.1 Å². The molecule has 0 radical (unpaired) electrons. The van der Waals surface area contributed by atoms with Crippen LogP contribution >= 0.6 is 11.3 Å². The number of nitrogens with zero attached hydrogens (tertiary/aromatic N) is 2. The molecule has 5 nitrogen and oxygen atoms in total. The summed E-state index contributed by atoms with van der Waals surface area (Å²) in [7, 11) is 0. The molecule has 0 unspecified atom stereocenters. The SMILES string of the molecule is CCCCCCCCOc1ccc(/C=C/C(=O)Nc2nnc(C)s2)cc1. The molecule has 1 aromatic carbocycles. The Morgan fingerprint density at radius 1 is 1.12 bits per heavy atom. The zero-order valence-electron chi connectivity index (χ0n) is 15.5. The van der Waals surface area contributed by atoms with Crippen molar-refractivity contribution in [3.05, 3.63) is 40.9 Å². The molecule has 1 heterocycles. The molecule has 0 aliphatic carbocycles. The van der Waals surface area contributed by atoms with E-state index in [4.69, 9.17) is 4.74 Å². The molecular formula is C20H27N3O2S. The van der Waals surface area contributed by atoms with Gasteiger partial charge in [-0.3, -0.25) is 10.1 Å². The lowest BCUT2D eigenvalue weighted by molar-refractivity contribution is -0.111. The summed E-state index contributed by atoms with van der Waals surface area (Å²) in [5.41, 5.74) is 0.945. The van der Waals surface area contributed by atoms with Crippen LogP contribution in [0.25, 0.3) is 6.08 Å². The quantitative estimate of drug-likeness (QED) is 0.432. The van der Waals surface area contributed by atoms with Crippen molar-refractivity contribution in [2.45, 2.75) is 52.4 Å². The highest BCUT2D eigenvalue weighted by atomic mass is 32.1. The van der Waals surface area contributed by atoms with E-state index in [1.54, 1.807) is 6.08 Å². The zero-order chi connectivity index (χ0) is 18.6. The zero-order valence-corrected chi connectivity index (χ0v) is 16.3. The van der Waals surface area contributed by atoms with Crippen molar-refractivity contribution in [3.63, 3.8) is 0 Å². The molecule has 2 rings (SSSR count). The van der Waals surface area contributed by atoms with Gasteiger partial charge in [0.1, 0.15) is 10.8 Å². The minimum absolute atomic E-state index is 0.218. The molecule has 0 spiro atoms. The number of unbranched alkanes of at least 4 members (excludes halogenated alkanes) is 5. The van der Waals surface area contributed by atoms with Crippen molar-refractivity contribution < 1.29 is 9.53 Å². The molecule has 0 saturated heterocycles. The highest BCUT2D eigenvalue weighted by Gasteiger charge is 2.03. The van der Waals surface area contributed by atoms with Crippen LogP contribution in [-0.2, 0) is 4.79 Å². The number of carbonyl (C=O) groups excluding carboxylic acids is 1. The minimum atomic E-state index is -0.218. The Balaban J connectivity index is 1.68. The summed E-state index contributed by atoms with van der Waals surface area (Å²) >= 11 is 1.35. The maximum Gasteiger partial charge on any atom is 0.250 e. The summed E-state index contributed by atoms with van der Waals surface area (Å²) in [6, 6.07) is 7.75. The topological polar surface area (TPSA) is 64.1 Å². The molecular weight excluding hydrogens is 346 g/mol. The van der Waals surface area contributed by atoms with Gasteiger partial charge in [0.25, 0.3) is 0 Å². The Kier molecular flexibility index (Phi) is 8.83. The molecule has 1 N–H and O–H groups in total. The molecule has 1 aromatic heterocycles. The Morgan fingerprint density at radius 2 is 1.85 bits per heavy atom. The predicted molar refractivity (Wildman–Crippen MR) is 108 cm³/mol. The number of hydrogen-bond acceptors (Lipinski definition) is 5. The summed E-state index contributed by atoms with van der Waals surface area (Å²) in [6.07, 6.45) is 10.8. The second-order valence-corrected chi connectivity index (χ2v) is 7.32. The molecule has 6 heteroatoms. The predicted octanol–water partition coefficient (Wildman–Crippen LogP) is 5.24. The second-order valence-electron chi connectivity index (χ2n) is 6.13. The van der Waals surface area contributed by atoms with Gasteiger partial charge < -0.3 is 4.74 Å². The highest BCUT2D eigenvalue weighted by Crippen LogP contribution is 2.15. The van der Waals surface area contributed by atoms with E-state index in [0.717, 1.165) is 29.3 Å². The highest BCUT2D eigenvalue weighted by molar-refractivity contribution is 7.15. The number of benzene rings is 1. The first-order chi connectivity index (χ1) is 12.7. The van der Waals surface area contributed by atoms with E-state index >= 15 is 0 Å². The van der Waals surface area contributed by atoms with E-state index in [9.17, 15) is 4.79 Å². The van der Waals surface area contributed by atoms with Crippen LogP contribution in [0, 0.1) is 6.92 Å². The summed E-state index contributed by atoms with van der Waals surface area (Å²) in [5.74, 6) is 0.647. The van der Waals surface area contributed by atoms with Crippen LogP contribution in [0.3, 0.4) is 0 Å². The van der Waals surface area contributed by atoms with Crippen LogP contribution in [0.2, 0.25) is 0 Å². The van der Waals surface area contributed by atoms with Gasteiger partial charge in [-0.15, -0.1) is 10.2 Å². The van der Waals surface area contributed by atoms with Crippen molar-refractivity contribution in [2.75, 3.05) is 11.9 Å². The maximum absolute atomic E-state index is 11.8. The second kappa shape index (κ2) is 11.4. The lowest BCUT2D eigenvalue weighted by Crippen LogP contribution is -2.07. The van der Waals surface area contributed by atoms with E-state index in [1.165, 1.54) is 49.5 Å². The fourth-order valence-corrected chi connectivity index (χ4v) is 3.01.